The molecule has 0 aliphatic heterocycles. The Bertz CT molecular complexity index is 619. The summed E-state index contributed by atoms with van der Waals surface area (Å²) in [5, 5.41) is 8.12. The van der Waals surface area contributed by atoms with Crippen molar-refractivity contribution in [2.45, 2.75) is 6.92 Å². The topological polar surface area (TPSA) is 134 Å². The number of nitrogens with zero attached hydrogens (tertiary/aromatic N) is 2. The number of hydrogen-bond donors (Lipinski definition) is 3. The first kappa shape index (κ1) is 14.8. The SMILES string of the molecule is CC(=O)Nc1ccc(/C=N/N=C(\N)S(=O)(=O)O)cc1. The third-order valence-electron chi connectivity index (χ3n) is 1.86. The summed E-state index contributed by atoms with van der Waals surface area (Å²) in [6.07, 6.45) is 1.25. The number of nitrogens with two attached hydrogens (primary N) is 1. The van der Waals surface area contributed by atoms with Gasteiger partial charge in [-0.1, -0.05) is 12.1 Å². The van der Waals surface area contributed by atoms with Crippen LogP contribution in [0.5, 0.6) is 0 Å². The smallest absolute Gasteiger partial charge is 0.329 e. The van der Waals surface area contributed by atoms with Gasteiger partial charge in [0.1, 0.15) is 0 Å². The van der Waals surface area contributed by atoms with Gasteiger partial charge in [-0.3, -0.25) is 9.35 Å². The van der Waals surface area contributed by atoms with Crippen molar-refractivity contribution in [2.75, 3.05) is 5.32 Å². The minimum absolute atomic E-state index is 0.188. The molecule has 4 N–H and O–H groups in total. The lowest BCUT2D eigenvalue weighted by Crippen LogP contribution is -2.22. The maximum Gasteiger partial charge on any atom is 0.329 e. The molecule has 0 bridgehead atoms. The van der Waals surface area contributed by atoms with E-state index in [1.54, 1.807) is 24.3 Å². The molecule has 1 aromatic carbocycles. The molecule has 102 valence electrons. The van der Waals surface area contributed by atoms with Crippen molar-refractivity contribution in [1.82, 2.24) is 0 Å². The largest absolute Gasteiger partial charge is 0.371 e. The van der Waals surface area contributed by atoms with E-state index in [2.05, 4.69) is 15.5 Å². The van der Waals surface area contributed by atoms with Crippen LogP contribution in [0.4, 0.5) is 5.69 Å². The van der Waals surface area contributed by atoms with Crippen molar-refractivity contribution >= 4 is 33.1 Å². The number of hydrogen-bond acceptors (Lipinski definition) is 5. The first-order valence-corrected chi connectivity index (χ1v) is 6.44. The van der Waals surface area contributed by atoms with Gasteiger partial charge in [0.05, 0.1) is 6.21 Å². The highest BCUT2D eigenvalue weighted by Gasteiger charge is 2.09. The first-order chi connectivity index (χ1) is 8.79. The average molecular weight is 284 g/mol. The summed E-state index contributed by atoms with van der Waals surface area (Å²) in [5.74, 6) is -0.188. The number of carbonyl (C=O) groups is 1. The van der Waals surface area contributed by atoms with E-state index in [0.717, 1.165) is 0 Å². The van der Waals surface area contributed by atoms with Gasteiger partial charge >= 0.3 is 10.1 Å². The molecule has 8 nitrogen and oxygen atoms in total. The summed E-state index contributed by atoms with van der Waals surface area (Å²) >= 11 is 0. The van der Waals surface area contributed by atoms with Gasteiger partial charge in [-0.15, -0.1) is 5.10 Å². The van der Waals surface area contributed by atoms with E-state index in [9.17, 15) is 13.2 Å². The van der Waals surface area contributed by atoms with E-state index >= 15 is 0 Å². The van der Waals surface area contributed by atoms with E-state index in [1.807, 2.05) is 0 Å². The van der Waals surface area contributed by atoms with Gasteiger partial charge in [-0.2, -0.15) is 13.5 Å². The van der Waals surface area contributed by atoms with Crippen LogP contribution < -0.4 is 11.1 Å². The van der Waals surface area contributed by atoms with Gasteiger partial charge in [0.25, 0.3) is 5.17 Å². The van der Waals surface area contributed by atoms with Crippen LogP contribution >= 0.6 is 0 Å². The van der Waals surface area contributed by atoms with E-state index in [1.165, 1.54) is 13.1 Å². The van der Waals surface area contributed by atoms with E-state index in [-0.39, 0.29) is 5.91 Å². The van der Waals surface area contributed by atoms with Crippen LogP contribution in [0.15, 0.2) is 34.5 Å². The number of carbonyl (C=O) groups excluding carboxylic acids is 1. The van der Waals surface area contributed by atoms with Gasteiger partial charge in [0.15, 0.2) is 0 Å². The van der Waals surface area contributed by atoms with Crippen LogP contribution in [0.1, 0.15) is 12.5 Å². The number of benzene rings is 1. The number of amidine groups is 1. The molecule has 0 saturated heterocycles. The third kappa shape index (κ3) is 5.27. The Hall–Kier alpha value is -2.26. The second-order valence-electron chi connectivity index (χ2n) is 3.46. The molecule has 19 heavy (non-hydrogen) atoms. The first-order valence-electron chi connectivity index (χ1n) is 5.00. The number of nitrogens with one attached hydrogen (secondary N) is 1. The third-order valence-corrected chi connectivity index (χ3v) is 2.47. The van der Waals surface area contributed by atoms with Crippen molar-refractivity contribution in [2.24, 2.45) is 15.9 Å². The minimum Gasteiger partial charge on any atom is -0.371 e. The Morgan fingerprint density at radius 2 is 1.95 bits per heavy atom. The summed E-state index contributed by atoms with van der Waals surface area (Å²) in [4.78, 5) is 10.8. The Balaban J connectivity index is 2.76. The molecule has 9 heteroatoms. The Kier molecular flexibility index (Phi) is 4.73. The van der Waals surface area contributed by atoms with Gasteiger partial charge in [0.2, 0.25) is 5.91 Å². The molecule has 0 saturated carbocycles. The molecule has 1 rings (SSSR count). The minimum atomic E-state index is -4.51. The van der Waals surface area contributed by atoms with Crippen LogP contribution in [0, 0.1) is 0 Å². The van der Waals surface area contributed by atoms with Crippen molar-refractivity contribution < 1.29 is 17.8 Å². The highest BCUT2D eigenvalue weighted by molar-refractivity contribution is 8.01. The lowest BCUT2D eigenvalue weighted by molar-refractivity contribution is -0.114. The van der Waals surface area contributed by atoms with Crippen LogP contribution in [-0.2, 0) is 14.9 Å². The van der Waals surface area contributed by atoms with Gasteiger partial charge < -0.3 is 11.1 Å². The highest BCUT2D eigenvalue weighted by atomic mass is 32.2. The lowest BCUT2D eigenvalue weighted by Gasteiger charge is -2.00. The van der Waals surface area contributed by atoms with Crippen LogP contribution in [0.2, 0.25) is 0 Å². The summed E-state index contributed by atoms with van der Waals surface area (Å²) in [6.45, 7) is 1.39. The second-order valence-corrected chi connectivity index (χ2v) is 4.83. The van der Waals surface area contributed by atoms with E-state index in [0.29, 0.717) is 11.3 Å². The zero-order valence-corrected chi connectivity index (χ0v) is 10.8. The Morgan fingerprint density at radius 3 is 2.42 bits per heavy atom. The molecule has 0 spiro atoms. The van der Waals surface area contributed by atoms with Crippen molar-refractivity contribution in [1.29, 1.82) is 0 Å². The highest BCUT2D eigenvalue weighted by Crippen LogP contribution is 2.07. The normalized spacial score (nSPS) is 12.6. The Morgan fingerprint density at radius 1 is 1.37 bits per heavy atom. The molecule has 0 aliphatic rings. The molecular weight excluding hydrogens is 272 g/mol. The molecule has 1 aromatic rings. The van der Waals surface area contributed by atoms with Crippen LogP contribution in [0.25, 0.3) is 0 Å². The quantitative estimate of drug-likeness (QED) is 0.315. The number of amides is 1. The van der Waals surface area contributed by atoms with Crippen LogP contribution in [0.3, 0.4) is 0 Å². The van der Waals surface area contributed by atoms with Gasteiger partial charge in [0, 0.05) is 12.6 Å². The zero-order valence-electron chi connectivity index (χ0n) is 9.94. The Labute approximate surface area is 109 Å². The fourth-order valence-electron chi connectivity index (χ4n) is 1.06. The van der Waals surface area contributed by atoms with Crippen molar-refractivity contribution in [3.05, 3.63) is 29.8 Å². The standard InChI is InChI=1S/C10H12N4O4S/c1-7(15)13-9-4-2-8(3-5-9)6-12-14-10(11)19(16,17)18/h2-6H,1H3,(H2,11,14)(H,13,15)(H,16,17,18)/b12-6+. The van der Waals surface area contributed by atoms with Crippen LogP contribution in [-0.4, -0.2) is 30.3 Å². The fraction of sp³-hybridized carbons (Fsp3) is 0.100. The second kappa shape index (κ2) is 6.07. The summed E-state index contributed by atoms with van der Waals surface area (Å²) in [6, 6.07) is 6.54. The van der Waals surface area contributed by atoms with E-state index < -0.39 is 15.3 Å². The molecule has 1 amide bonds. The maximum absolute atomic E-state index is 10.8. The monoisotopic (exact) mass is 284 g/mol. The fourth-order valence-corrected chi connectivity index (χ4v) is 1.21. The zero-order chi connectivity index (χ0) is 14.5. The predicted octanol–water partition coefficient (Wildman–Crippen LogP) is 0.181. The maximum atomic E-state index is 10.8. The summed E-state index contributed by atoms with van der Waals surface area (Å²) < 4.78 is 29.5. The molecule has 0 fully saturated rings. The van der Waals surface area contributed by atoms with Gasteiger partial charge in [-0.05, 0) is 17.7 Å². The summed E-state index contributed by atoms with van der Waals surface area (Å²) in [5.41, 5.74) is 6.17. The molecule has 0 heterocycles. The summed E-state index contributed by atoms with van der Waals surface area (Å²) in [7, 11) is -4.51. The molecule has 0 radical (unpaired) electrons. The molecule has 0 atom stereocenters. The average Bonchev–Trinajstić information content (AvgIpc) is 2.29. The molecule has 0 unspecified atom stereocenters. The van der Waals surface area contributed by atoms with Gasteiger partial charge in [-0.25, -0.2) is 0 Å². The van der Waals surface area contributed by atoms with Crippen molar-refractivity contribution in [3.63, 3.8) is 0 Å². The predicted molar refractivity (Wildman–Crippen MR) is 71.5 cm³/mol. The van der Waals surface area contributed by atoms with E-state index in [4.69, 9.17) is 10.3 Å². The number of anilines is 1. The lowest BCUT2D eigenvalue weighted by atomic mass is 10.2. The molecular formula is C10H12N4O4S. The number of rotatable bonds is 3. The molecule has 0 aromatic heterocycles. The van der Waals surface area contributed by atoms with Crippen molar-refractivity contribution in [3.8, 4) is 0 Å². The molecule has 0 aliphatic carbocycles.